The lowest BCUT2D eigenvalue weighted by Gasteiger charge is -2.07. The summed E-state index contributed by atoms with van der Waals surface area (Å²) in [5.74, 6) is -1.16. The summed E-state index contributed by atoms with van der Waals surface area (Å²) in [4.78, 5) is 32.7. The van der Waals surface area contributed by atoms with Crippen molar-refractivity contribution in [2.45, 2.75) is 12.5 Å². The molecule has 0 fully saturated rings. The molecule has 0 spiro atoms. The molecule has 0 aliphatic carbocycles. The molecule has 5 heteroatoms. The molecule has 0 amide bonds. The number of nitrogens with zero attached hydrogens (tertiary/aromatic N) is 1. The summed E-state index contributed by atoms with van der Waals surface area (Å²) in [6, 6.07) is 7.80. The Hall–Kier alpha value is -2.17. The molecule has 0 saturated carbocycles. The second-order valence-corrected chi connectivity index (χ2v) is 3.52. The van der Waals surface area contributed by atoms with Gasteiger partial charge in [0.15, 0.2) is 0 Å². The second kappa shape index (κ2) is 3.77. The maximum atomic E-state index is 10.9. The van der Waals surface area contributed by atoms with Gasteiger partial charge in [0.1, 0.15) is 6.04 Å². The van der Waals surface area contributed by atoms with Crippen LogP contribution in [0.2, 0.25) is 0 Å². The molecule has 0 bridgehead atoms. The number of aromatic nitrogens is 1. The van der Waals surface area contributed by atoms with E-state index in [1.807, 2.05) is 6.07 Å². The Bertz CT molecular complexity index is 552. The number of hydrogen-bond donors (Lipinski definition) is 1. The van der Waals surface area contributed by atoms with Gasteiger partial charge in [-0.2, -0.15) is 0 Å². The van der Waals surface area contributed by atoms with Crippen LogP contribution in [-0.2, 0) is 11.2 Å². The lowest BCUT2D eigenvalue weighted by atomic mass is 10.1. The van der Waals surface area contributed by atoms with Crippen LogP contribution in [0.4, 0.5) is 0 Å². The minimum Gasteiger partial charge on any atom is -0.480 e. The van der Waals surface area contributed by atoms with E-state index in [1.54, 1.807) is 24.3 Å². The first kappa shape index (κ1) is 10.4. The zero-order chi connectivity index (χ0) is 11.7. The fourth-order valence-electron chi connectivity index (χ4n) is 1.56. The number of rotatable bonds is 4. The van der Waals surface area contributed by atoms with Gasteiger partial charge in [0.2, 0.25) is 0 Å². The lowest BCUT2D eigenvalue weighted by molar-refractivity contribution is -0.140. The smallest absolute Gasteiger partial charge is 0.327 e. The third-order valence-electron chi connectivity index (χ3n) is 2.44. The zero-order valence-electron chi connectivity index (χ0n) is 8.29. The maximum Gasteiger partial charge on any atom is 0.327 e. The van der Waals surface area contributed by atoms with Gasteiger partial charge in [-0.15, -0.1) is 0 Å². The molecule has 2 aromatic rings. The average Bonchev–Trinajstić information content (AvgIpc) is 2.85. The second-order valence-electron chi connectivity index (χ2n) is 3.52. The van der Waals surface area contributed by atoms with E-state index in [0.29, 0.717) is 0 Å². The quantitative estimate of drug-likeness (QED) is 0.731. The normalized spacial score (nSPS) is 12.8. The van der Waals surface area contributed by atoms with Crippen molar-refractivity contribution in [3.63, 3.8) is 0 Å². The fraction of sp³-hybridized carbons (Fsp3) is 0.182. The molecule has 1 aromatic heterocycles. The summed E-state index contributed by atoms with van der Waals surface area (Å²) in [5, 5.41) is 8.93. The predicted octanol–water partition coefficient (Wildman–Crippen LogP) is -0.0475. The van der Waals surface area contributed by atoms with Crippen LogP contribution in [0, 0.1) is 0 Å². The summed E-state index contributed by atoms with van der Waals surface area (Å²) in [5.41, 5.74) is -0.658. The van der Waals surface area contributed by atoms with Crippen LogP contribution in [0.1, 0.15) is 11.6 Å². The van der Waals surface area contributed by atoms with Gasteiger partial charge in [0.05, 0.1) is 0 Å². The molecule has 0 aliphatic rings. The van der Waals surface area contributed by atoms with E-state index in [9.17, 15) is 14.4 Å². The van der Waals surface area contributed by atoms with Crippen molar-refractivity contribution in [3.05, 3.63) is 56.6 Å². The average molecular weight is 219 g/mol. The third-order valence-corrected chi connectivity index (χ3v) is 2.44. The highest BCUT2D eigenvalue weighted by atomic mass is 16.4. The number of benzene rings is 1. The van der Waals surface area contributed by atoms with Gasteiger partial charge in [-0.25, -0.2) is 4.79 Å². The highest BCUT2D eigenvalue weighted by Crippen LogP contribution is 2.12. The van der Waals surface area contributed by atoms with Crippen LogP contribution in [0.5, 0.6) is 0 Å². The zero-order valence-corrected chi connectivity index (χ0v) is 8.29. The Labute approximate surface area is 90.3 Å². The Kier molecular flexibility index (Phi) is 2.44. The predicted molar refractivity (Wildman–Crippen MR) is 56.2 cm³/mol. The molecule has 0 saturated heterocycles. The lowest BCUT2D eigenvalue weighted by Crippen LogP contribution is -2.21. The van der Waals surface area contributed by atoms with Crippen molar-refractivity contribution in [1.82, 2.24) is 4.57 Å². The van der Waals surface area contributed by atoms with E-state index in [0.717, 1.165) is 10.1 Å². The van der Waals surface area contributed by atoms with E-state index >= 15 is 0 Å². The summed E-state index contributed by atoms with van der Waals surface area (Å²) in [6.45, 7) is 0. The number of carbonyl (C=O) groups is 1. The standard InChI is InChI=1S/C11H9NO4/c13-9-10(14)12(9)8(11(15)16)6-7-4-2-1-3-5-7/h1-5,8H,6H2,(H,15,16)/t8-/m0/s1. The van der Waals surface area contributed by atoms with Crippen molar-refractivity contribution in [2.24, 2.45) is 0 Å². The summed E-state index contributed by atoms with van der Waals surface area (Å²) in [6.07, 6.45) is 0.146. The van der Waals surface area contributed by atoms with Gasteiger partial charge >= 0.3 is 17.1 Å². The van der Waals surface area contributed by atoms with Crippen molar-refractivity contribution >= 4 is 5.97 Å². The highest BCUT2D eigenvalue weighted by molar-refractivity contribution is 5.72. The Balaban J connectivity index is 2.24. The molecule has 0 aliphatic heterocycles. The molecule has 1 aromatic carbocycles. The first-order chi connectivity index (χ1) is 7.61. The maximum absolute atomic E-state index is 10.9. The molecule has 1 atom stereocenters. The molecule has 0 radical (unpaired) electrons. The molecule has 2 rings (SSSR count). The molecule has 82 valence electrons. The Morgan fingerprint density at radius 3 is 2.19 bits per heavy atom. The number of carboxylic acid groups (broad SMARTS) is 1. The van der Waals surface area contributed by atoms with Crippen LogP contribution >= 0.6 is 0 Å². The van der Waals surface area contributed by atoms with Crippen LogP contribution in [0.3, 0.4) is 0 Å². The van der Waals surface area contributed by atoms with Gasteiger partial charge in [-0.05, 0) is 5.56 Å². The van der Waals surface area contributed by atoms with Gasteiger partial charge in [-0.1, -0.05) is 30.3 Å². The van der Waals surface area contributed by atoms with Crippen LogP contribution in [0.25, 0.3) is 0 Å². The third kappa shape index (κ3) is 1.79. The number of aliphatic carboxylic acids is 1. The van der Waals surface area contributed by atoms with E-state index in [-0.39, 0.29) is 6.42 Å². The van der Waals surface area contributed by atoms with E-state index in [2.05, 4.69) is 0 Å². The summed E-state index contributed by atoms with van der Waals surface area (Å²) >= 11 is 0. The molecule has 16 heavy (non-hydrogen) atoms. The Morgan fingerprint density at radius 1 is 1.19 bits per heavy atom. The fourth-order valence-corrected chi connectivity index (χ4v) is 1.56. The molecular weight excluding hydrogens is 210 g/mol. The van der Waals surface area contributed by atoms with Crippen molar-refractivity contribution in [2.75, 3.05) is 0 Å². The van der Waals surface area contributed by atoms with Gasteiger partial charge in [0, 0.05) is 6.42 Å². The SMILES string of the molecule is O=C(O)[C@H](Cc1ccccc1)n1c(=O)c1=O. The van der Waals surface area contributed by atoms with Crippen LogP contribution in [-0.4, -0.2) is 15.6 Å². The van der Waals surface area contributed by atoms with E-state index < -0.39 is 23.1 Å². The molecule has 5 nitrogen and oxygen atoms in total. The van der Waals surface area contributed by atoms with E-state index in [4.69, 9.17) is 5.11 Å². The topological polar surface area (TPSA) is 76.4 Å². The molecule has 1 N–H and O–H groups in total. The molecular formula is C11H9NO4. The van der Waals surface area contributed by atoms with Crippen LogP contribution in [0.15, 0.2) is 39.9 Å². The minimum absolute atomic E-state index is 0.146. The number of hydrogen-bond acceptors (Lipinski definition) is 3. The van der Waals surface area contributed by atoms with Crippen molar-refractivity contribution in [1.29, 1.82) is 0 Å². The van der Waals surface area contributed by atoms with Crippen molar-refractivity contribution < 1.29 is 9.90 Å². The largest absolute Gasteiger partial charge is 0.480 e. The summed E-state index contributed by atoms with van der Waals surface area (Å²) in [7, 11) is 0. The van der Waals surface area contributed by atoms with Crippen molar-refractivity contribution in [3.8, 4) is 0 Å². The van der Waals surface area contributed by atoms with Gasteiger partial charge < -0.3 is 5.11 Å². The number of carboxylic acids is 1. The first-order valence-electron chi connectivity index (χ1n) is 4.75. The van der Waals surface area contributed by atoms with Crippen LogP contribution < -0.4 is 11.1 Å². The first-order valence-corrected chi connectivity index (χ1v) is 4.75. The summed E-state index contributed by atoms with van der Waals surface area (Å²) < 4.78 is 0.773. The molecule has 0 unspecified atom stereocenters. The Morgan fingerprint density at radius 2 is 1.75 bits per heavy atom. The molecule has 1 heterocycles. The van der Waals surface area contributed by atoms with Gasteiger partial charge in [0.25, 0.3) is 0 Å². The highest BCUT2D eigenvalue weighted by Gasteiger charge is 2.30. The minimum atomic E-state index is -1.16. The van der Waals surface area contributed by atoms with E-state index in [1.165, 1.54) is 0 Å². The van der Waals surface area contributed by atoms with Gasteiger partial charge in [-0.3, -0.25) is 14.2 Å². The monoisotopic (exact) mass is 219 g/mol.